The van der Waals surface area contributed by atoms with Gasteiger partial charge in [0.1, 0.15) is 0 Å². The molecule has 3 rings (SSSR count). The Morgan fingerprint density at radius 1 is 1.21 bits per heavy atom. The van der Waals surface area contributed by atoms with Gasteiger partial charge in [0.15, 0.2) is 5.13 Å². The van der Waals surface area contributed by atoms with Gasteiger partial charge in [-0.15, -0.1) is 23.1 Å². The minimum absolute atomic E-state index is 0.144. The molecule has 1 N–H and O–H groups in total. The number of aryl methyl sites for hydroxylation is 1. The van der Waals surface area contributed by atoms with Crippen molar-refractivity contribution in [3.05, 3.63) is 75.8 Å². The third kappa shape index (κ3) is 4.38. The standard InChI is InChI=1S/C18H15ClN2OS2/c1-12-10-24-18(20-12)21-17(22)14-8-6-13(7-9-14)11-23-16-5-3-2-4-15(16)19/h2-10H,11H2,1H3,(H,20,21,22). The number of rotatable bonds is 5. The quantitative estimate of drug-likeness (QED) is 0.587. The van der Waals surface area contributed by atoms with Crippen molar-refractivity contribution in [2.24, 2.45) is 0 Å². The summed E-state index contributed by atoms with van der Waals surface area (Å²) in [6.07, 6.45) is 0. The highest BCUT2D eigenvalue weighted by Crippen LogP contribution is 2.29. The van der Waals surface area contributed by atoms with Crippen molar-refractivity contribution in [1.29, 1.82) is 0 Å². The lowest BCUT2D eigenvalue weighted by Gasteiger charge is -2.06. The number of nitrogens with zero attached hydrogens (tertiary/aromatic N) is 1. The van der Waals surface area contributed by atoms with E-state index in [0.29, 0.717) is 10.7 Å². The third-order valence-corrected chi connectivity index (χ3v) is 5.75. The molecule has 0 radical (unpaired) electrons. The van der Waals surface area contributed by atoms with Gasteiger partial charge in [-0.25, -0.2) is 4.98 Å². The van der Waals surface area contributed by atoms with Gasteiger partial charge in [-0.1, -0.05) is 35.9 Å². The van der Waals surface area contributed by atoms with Crippen LogP contribution in [0.25, 0.3) is 0 Å². The molecular weight excluding hydrogens is 360 g/mol. The van der Waals surface area contributed by atoms with Gasteiger partial charge in [0.2, 0.25) is 0 Å². The second-order valence-electron chi connectivity index (χ2n) is 5.16. The van der Waals surface area contributed by atoms with Crippen molar-refractivity contribution in [3.63, 3.8) is 0 Å². The summed E-state index contributed by atoms with van der Waals surface area (Å²) in [6.45, 7) is 1.90. The third-order valence-electron chi connectivity index (χ3n) is 3.29. The molecule has 122 valence electrons. The lowest BCUT2D eigenvalue weighted by Crippen LogP contribution is -2.11. The molecule has 0 fully saturated rings. The molecule has 0 atom stereocenters. The van der Waals surface area contributed by atoms with E-state index in [1.54, 1.807) is 11.8 Å². The van der Waals surface area contributed by atoms with Crippen molar-refractivity contribution in [2.75, 3.05) is 5.32 Å². The molecule has 0 unspecified atom stereocenters. The molecule has 1 heterocycles. The van der Waals surface area contributed by atoms with E-state index in [9.17, 15) is 4.79 Å². The van der Waals surface area contributed by atoms with E-state index in [-0.39, 0.29) is 5.91 Å². The van der Waals surface area contributed by atoms with Crippen LogP contribution in [0.1, 0.15) is 21.6 Å². The smallest absolute Gasteiger partial charge is 0.257 e. The summed E-state index contributed by atoms with van der Waals surface area (Å²) in [5.74, 6) is 0.659. The first-order valence-corrected chi connectivity index (χ1v) is 9.56. The zero-order valence-electron chi connectivity index (χ0n) is 13.0. The van der Waals surface area contributed by atoms with Crippen LogP contribution in [0, 0.1) is 6.92 Å². The second kappa shape index (κ2) is 7.83. The molecular formula is C18H15ClN2OS2. The van der Waals surface area contributed by atoms with E-state index < -0.39 is 0 Å². The largest absolute Gasteiger partial charge is 0.298 e. The van der Waals surface area contributed by atoms with Crippen LogP contribution in [-0.2, 0) is 5.75 Å². The molecule has 0 saturated carbocycles. The fourth-order valence-corrected chi connectivity index (χ4v) is 3.93. The SMILES string of the molecule is Cc1csc(NC(=O)c2ccc(CSc3ccccc3Cl)cc2)n1. The lowest BCUT2D eigenvalue weighted by molar-refractivity contribution is 0.102. The minimum Gasteiger partial charge on any atom is -0.298 e. The summed E-state index contributed by atoms with van der Waals surface area (Å²) in [6, 6.07) is 15.4. The first kappa shape index (κ1) is 17.0. The van der Waals surface area contributed by atoms with Crippen molar-refractivity contribution >= 4 is 45.7 Å². The van der Waals surface area contributed by atoms with Gasteiger partial charge in [0.05, 0.1) is 10.7 Å². The zero-order valence-corrected chi connectivity index (χ0v) is 15.3. The molecule has 6 heteroatoms. The molecule has 0 aliphatic carbocycles. The van der Waals surface area contributed by atoms with Crippen LogP contribution < -0.4 is 5.32 Å². The molecule has 3 nitrogen and oxygen atoms in total. The first-order chi connectivity index (χ1) is 11.6. The molecule has 0 aliphatic heterocycles. The van der Waals surface area contributed by atoms with Crippen molar-refractivity contribution < 1.29 is 4.79 Å². The maximum atomic E-state index is 12.2. The number of hydrogen-bond acceptors (Lipinski definition) is 4. The Balaban J connectivity index is 1.60. The van der Waals surface area contributed by atoms with Crippen LogP contribution in [0.5, 0.6) is 0 Å². The zero-order chi connectivity index (χ0) is 16.9. The number of aromatic nitrogens is 1. The molecule has 0 saturated heterocycles. The Morgan fingerprint density at radius 3 is 2.62 bits per heavy atom. The summed E-state index contributed by atoms with van der Waals surface area (Å²) in [4.78, 5) is 17.5. The summed E-state index contributed by atoms with van der Waals surface area (Å²) < 4.78 is 0. The van der Waals surface area contributed by atoms with Crippen LogP contribution in [0.3, 0.4) is 0 Å². The fraction of sp³-hybridized carbons (Fsp3) is 0.111. The van der Waals surface area contributed by atoms with Crippen LogP contribution in [0.4, 0.5) is 5.13 Å². The highest BCUT2D eigenvalue weighted by atomic mass is 35.5. The van der Waals surface area contributed by atoms with Crippen molar-refractivity contribution in [3.8, 4) is 0 Å². The molecule has 1 amide bonds. The molecule has 0 spiro atoms. The molecule has 2 aromatic carbocycles. The van der Waals surface area contributed by atoms with E-state index >= 15 is 0 Å². The average Bonchev–Trinajstić information content (AvgIpc) is 2.99. The number of nitrogens with one attached hydrogen (secondary N) is 1. The normalized spacial score (nSPS) is 10.6. The Labute approximate surface area is 154 Å². The number of benzene rings is 2. The number of carbonyl (C=O) groups is 1. The van der Waals surface area contributed by atoms with E-state index in [0.717, 1.165) is 26.9 Å². The molecule has 24 heavy (non-hydrogen) atoms. The average molecular weight is 375 g/mol. The predicted octanol–water partition coefficient (Wildman–Crippen LogP) is 5.65. The minimum atomic E-state index is -0.144. The number of thiazole rings is 1. The molecule has 0 aliphatic rings. The van der Waals surface area contributed by atoms with E-state index in [2.05, 4.69) is 10.3 Å². The summed E-state index contributed by atoms with van der Waals surface area (Å²) in [5, 5.41) is 6.10. The molecule has 0 bridgehead atoms. The summed E-state index contributed by atoms with van der Waals surface area (Å²) in [7, 11) is 0. The Hall–Kier alpha value is -1.82. The Morgan fingerprint density at radius 2 is 1.96 bits per heavy atom. The van der Waals surface area contributed by atoms with E-state index in [1.165, 1.54) is 11.3 Å². The summed E-state index contributed by atoms with van der Waals surface area (Å²) in [5.41, 5.74) is 2.66. The predicted molar refractivity (Wildman–Crippen MR) is 102 cm³/mol. The number of halogens is 1. The van der Waals surface area contributed by atoms with Crippen molar-refractivity contribution in [1.82, 2.24) is 4.98 Å². The van der Waals surface area contributed by atoms with Gasteiger partial charge < -0.3 is 0 Å². The molecule has 3 aromatic rings. The highest BCUT2D eigenvalue weighted by molar-refractivity contribution is 7.98. The van der Waals surface area contributed by atoms with Gasteiger partial charge in [-0.2, -0.15) is 0 Å². The fourth-order valence-electron chi connectivity index (χ4n) is 2.06. The van der Waals surface area contributed by atoms with Gasteiger partial charge >= 0.3 is 0 Å². The topological polar surface area (TPSA) is 42.0 Å². The van der Waals surface area contributed by atoms with Crippen LogP contribution in [0.15, 0.2) is 58.8 Å². The maximum Gasteiger partial charge on any atom is 0.257 e. The van der Waals surface area contributed by atoms with Crippen LogP contribution in [0.2, 0.25) is 5.02 Å². The van der Waals surface area contributed by atoms with Gasteiger partial charge in [-0.3, -0.25) is 10.1 Å². The number of carbonyl (C=O) groups excluding carboxylic acids is 1. The van der Waals surface area contributed by atoms with Gasteiger partial charge in [0.25, 0.3) is 5.91 Å². The number of thioether (sulfide) groups is 1. The number of anilines is 1. The lowest BCUT2D eigenvalue weighted by atomic mass is 10.1. The van der Waals surface area contributed by atoms with E-state index in [4.69, 9.17) is 11.6 Å². The maximum absolute atomic E-state index is 12.2. The van der Waals surface area contributed by atoms with E-state index in [1.807, 2.05) is 60.8 Å². The monoisotopic (exact) mass is 374 g/mol. The Bertz CT molecular complexity index is 846. The van der Waals surface area contributed by atoms with Crippen LogP contribution >= 0.6 is 34.7 Å². The van der Waals surface area contributed by atoms with Gasteiger partial charge in [0, 0.05) is 21.6 Å². The highest BCUT2D eigenvalue weighted by Gasteiger charge is 2.08. The molecule has 1 aromatic heterocycles. The first-order valence-electron chi connectivity index (χ1n) is 7.31. The van der Waals surface area contributed by atoms with Crippen LogP contribution in [-0.4, -0.2) is 10.9 Å². The van der Waals surface area contributed by atoms with Gasteiger partial charge in [-0.05, 0) is 36.8 Å². The number of amides is 1. The Kier molecular flexibility index (Phi) is 5.56. The second-order valence-corrected chi connectivity index (χ2v) is 7.45. The summed E-state index contributed by atoms with van der Waals surface area (Å²) >= 11 is 9.26. The number of hydrogen-bond donors (Lipinski definition) is 1. The van der Waals surface area contributed by atoms with Crippen molar-refractivity contribution in [2.45, 2.75) is 17.6 Å².